The van der Waals surface area contributed by atoms with E-state index in [9.17, 15) is 5.11 Å². The molecule has 5 nitrogen and oxygen atoms in total. The number of fused-ring (bicyclic) bond motifs is 1. The Hall–Kier alpha value is -0.915. The molecule has 1 aliphatic carbocycles. The summed E-state index contributed by atoms with van der Waals surface area (Å²) in [5.41, 5.74) is 1.40. The van der Waals surface area contributed by atoms with Crippen LogP contribution in [0.5, 0.6) is 0 Å². The molecule has 118 valence electrons. The van der Waals surface area contributed by atoms with Crippen LogP contribution in [-0.4, -0.2) is 44.8 Å². The second-order valence-corrected chi connectivity index (χ2v) is 6.33. The quantitative estimate of drug-likeness (QED) is 0.616. The van der Waals surface area contributed by atoms with Gasteiger partial charge in [0.25, 0.3) is 0 Å². The lowest BCUT2D eigenvalue weighted by molar-refractivity contribution is -0.171. The average molecular weight is 296 g/mol. The molecule has 21 heavy (non-hydrogen) atoms. The molecule has 0 unspecified atom stereocenters. The van der Waals surface area contributed by atoms with Gasteiger partial charge < -0.3 is 24.9 Å². The first kappa shape index (κ1) is 18.1. The Morgan fingerprint density at radius 1 is 1.00 bits per heavy atom. The van der Waals surface area contributed by atoms with Crippen molar-refractivity contribution in [3.8, 4) is 0 Å². The van der Waals surface area contributed by atoms with Crippen molar-refractivity contribution in [3.05, 3.63) is 35.4 Å². The van der Waals surface area contributed by atoms with Gasteiger partial charge in [-0.05, 0) is 51.7 Å². The summed E-state index contributed by atoms with van der Waals surface area (Å²) in [5, 5.41) is 31.6. The van der Waals surface area contributed by atoms with Crippen LogP contribution in [0, 0.1) is 0 Å². The normalized spacial score (nSPS) is 15.2. The van der Waals surface area contributed by atoms with Gasteiger partial charge in [-0.3, -0.25) is 0 Å². The smallest absolute Gasteiger partial charge is 0.402 e. The van der Waals surface area contributed by atoms with Gasteiger partial charge in [0, 0.05) is 0 Å². The average Bonchev–Trinajstić information content (AvgIpc) is 2.67. The molecular formula is C15H25BO5. The minimum Gasteiger partial charge on any atom is -0.402 e. The summed E-state index contributed by atoms with van der Waals surface area (Å²) in [6.07, 6.45) is 2.10. The van der Waals surface area contributed by atoms with E-state index in [4.69, 9.17) is 19.8 Å². The number of benzene rings is 1. The van der Waals surface area contributed by atoms with Crippen molar-refractivity contribution in [1.82, 2.24) is 0 Å². The van der Waals surface area contributed by atoms with E-state index in [1.165, 1.54) is 11.1 Å². The van der Waals surface area contributed by atoms with Crippen LogP contribution in [-0.2, 0) is 17.6 Å². The molecular weight excluding hydrogens is 271 g/mol. The topological polar surface area (TPSA) is 90.2 Å². The highest BCUT2D eigenvalue weighted by atomic mass is 16.5. The van der Waals surface area contributed by atoms with Crippen molar-refractivity contribution in [2.45, 2.75) is 57.8 Å². The van der Waals surface area contributed by atoms with Crippen LogP contribution in [0.25, 0.3) is 0 Å². The first-order valence-corrected chi connectivity index (χ1v) is 7.04. The number of ether oxygens (including phenoxy) is 1. The van der Waals surface area contributed by atoms with Crippen molar-refractivity contribution < 1.29 is 24.9 Å². The summed E-state index contributed by atoms with van der Waals surface area (Å²) in [6, 6.07) is 8.47. The van der Waals surface area contributed by atoms with Gasteiger partial charge in [0.15, 0.2) is 0 Å². The van der Waals surface area contributed by atoms with E-state index in [0.29, 0.717) is 0 Å². The largest absolute Gasteiger partial charge is 0.631 e. The SMILES string of the molecule is CC(C)(O)C(C)(C)OC1Cc2ccccc2C1.OB(O)O. The van der Waals surface area contributed by atoms with Crippen molar-refractivity contribution in [1.29, 1.82) is 0 Å². The van der Waals surface area contributed by atoms with E-state index in [1.807, 2.05) is 13.8 Å². The van der Waals surface area contributed by atoms with E-state index in [1.54, 1.807) is 13.8 Å². The van der Waals surface area contributed by atoms with Crippen LogP contribution in [0.15, 0.2) is 24.3 Å². The van der Waals surface area contributed by atoms with E-state index in [2.05, 4.69) is 24.3 Å². The lowest BCUT2D eigenvalue weighted by Gasteiger charge is -2.39. The maximum absolute atomic E-state index is 10.1. The molecule has 1 aliphatic rings. The lowest BCUT2D eigenvalue weighted by Crippen LogP contribution is -2.49. The molecule has 0 fully saturated rings. The molecule has 0 saturated carbocycles. The Morgan fingerprint density at radius 3 is 1.71 bits per heavy atom. The molecule has 0 aliphatic heterocycles. The number of hydrogen-bond acceptors (Lipinski definition) is 5. The maximum Gasteiger partial charge on any atom is 0.631 e. The minimum absolute atomic E-state index is 0.189. The molecule has 6 heteroatoms. The molecule has 4 N–H and O–H groups in total. The van der Waals surface area contributed by atoms with Crippen LogP contribution in [0.1, 0.15) is 38.8 Å². The molecule has 1 aromatic carbocycles. The second-order valence-electron chi connectivity index (χ2n) is 6.33. The van der Waals surface area contributed by atoms with Gasteiger partial charge in [0.1, 0.15) is 0 Å². The minimum atomic E-state index is -2.17. The summed E-state index contributed by atoms with van der Waals surface area (Å²) in [7, 11) is -2.17. The van der Waals surface area contributed by atoms with E-state index in [-0.39, 0.29) is 6.10 Å². The Balaban J connectivity index is 0.000000491. The van der Waals surface area contributed by atoms with Crippen molar-refractivity contribution in [2.24, 2.45) is 0 Å². The third-order valence-corrected chi connectivity index (χ3v) is 3.95. The fraction of sp³-hybridized carbons (Fsp3) is 0.600. The van der Waals surface area contributed by atoms with Gasteiger partial charge in [-0.15, -0.1) is 0 Å². The molecule has 0 saturated heterocycles. The Morgan fingerprint density at radius 2 is 1.38 bits per heavy atom. The second kappa shape index (κ2) is 6.90. The van der Waals surface area contributed by atoms with Crippen LogP contribution in [0.4, 0.5) is 0 Å². The summed E-state index contributed by atoms with van der Waals surface area (Å²) < 4.78 is 6.10. The van der Waals surface area contributed by atoms with Crippen LogP contribution >= 0.6 is 0 Å². The Labute approximate surface area is 126 Å². The summed E-state index contributed by atoms with van der Waals surface area (Å²) >= 11 is 0. The van der Waals surface area contributed by atoms with Crippen LogP contribution < -0.4 is 0 Å². The lowest BCUT2D eigenvalue weighted by atomic mass is 9.89. The summed E-state index contributed by atoms with van der Waals surface area (Å²) in [6.45, 7) is 7.51. The van der Waals surface area contributed by atoms with Gasteiger partial charge in [-0.25, -0.2) is 0 Å². The predicted octanol–water partition coefficient (Wildman–Crippen LogP) is 0.668. The van der Waals surface area contributed by atoms with E-state index >= 15 is 0 Å². The van der Waals surface area contributed by atoms with Crippen LogP contribution in [0.2, 0.25) is 0 Å². The Bertz CT molecular complexity index is 426. The van der Waals surface area contributed by atoms with Crippen molar-refractivity contribution >= 4 is 7.32 Å². The number of hydrogen-bond donors (Lipinski definition) is 4. The third-order valence-electron chi connectivity index (χ3n) is 3.95. The van der Waals surface area contributed by atoms with Gasteiger partial charge in [0.2, 0.25) is 0 Å². The van der Waals surface area contributed by atoms with Crippen molar-refractivity contribution in [2.75, 3.05) is 0 Å². The van der Waals surface area contributed by atoms with E-state index < -0.39 is 18.5 Å². The van der Waals surface area contributed by atoms with E-state index in [0.717, 1.165) is 12.8 Å². The fourth-order valence-corrected chi connectivity index (χ4v) is 2.16. The van der Waals surface area contributed by atoms with Gasteiger partial charge in [-0.1, -0.05) is 24.3 Å². The fourth-order valence-electron chi connectivity index (χ4n) is 2.16. The molecule has 2 rings (SSSR count). The van der Waals surface area contributed by atoms with Crippen LogP contribution in [0.3, 0.4) is 0 Å². The predicted molar refractivity (Wildman–Crippen MR) is 81.5 cm³/mol. The molecule has 0 radical (unpaired) electrons. The first-order chi connectivity index (χ1) is 9.53. The van der Waals surface area contributed by atoms with Gasteiger partial charge >= 0.3 is 7.32 Å². The van der Waals surface area contributed by atoms with Gasteiger partial charge in [-0.2, -0.15) is 0 Å². The zero-order chi connectivity index (χ0) is 16.3. The molecule has 0 heterocycles. The highest BCUT2D eigenvalue weighted by Gasteiger charge is 2.39. The van der Waals surface area contributed by atoms with Crippen molar-refractivity contribution in [3.63, 3.8) is 0 Å². The zero-order valence-electron chi connectivity index (χ0n) is 13.1. The molecule has 0 aromatic heterocycles. The standard InChI is InChI=1S/C15H22O2.BH3O3/c1-14(2,16)15(3,4)17-13-9-11-7-5-6-8-12(11)10-13;2-1(3)4/h5-8,13,16H,9-10H2,1-4H3;2-4H. The monoisotopic (exact) mass is 296 g/mol. The first-order valence-electron chi connectivity index (χ1n) is 7.04. The number of rotatable bonds is 3. The molecule has 0 atom stereocenters. The molecule has 0 bridgehead atoms. The highest BCUT2D eigenvalue weighted by Crippen LogP contribution is 2.31. The highest BCUT2D eigenvalue weighted by molar-refractivity contribution is 6.30. The molecule has 0 amide bonds. The summed E-state index contributed by atoms with van der Waals surface area (Å²) in [5.74, 6) is 0. The molecule has 0 spiro atoms. The maximum atomic E-state index is 10.1. The third kappa shape index (κ3) is 5.41. The molecule has 1 aromatic rings. The Kier molecular flexibility index (Phi) is 5.96. The van der Waals surface area contributed by atoms with Gasteiger partial charge in [0.05, 0.1) is 17.3 Å². The summed E-state index contributed by atoms with van der Waals surface area (Å²) in [4.78, 5) is 0. The zero-order valence-corrected chi connectivity index (χ0v) is 13.1. The number of aliphatic hydroxyl groups is 1.